The second-order valence-corrected chi connectivity index (χ2v) is 4.47. The predicted molar refractivity (Wildman–Crippen MR) is 84.5 cm³/mol. The van der Waals surface area contributed by atoms with E-state index in [0.29, 0.717) is 11.1 Å². The minimum atomic E-state index is -0.333. The first-order chi connectivity index (χ1) is 10.2. The fourth-order valence-corrected chi connectivity index (χ4v) is 1.84. The zero-order valence-corrected chi connectivity index (χ0v) is 12.3. The summed E-state index contributed by atoms with van der Waals surface area (Å²) in [6.07, 6.45) is 3.22. The molecule has 21 heavy (non-hydrogen) atoms. The molecule has 106 valence electrons. The van der Waals surface area contributed by atoms with Crippen LogP contribution in [0.1, 0.15) is 26.3 Å². The fraction of sp³-hybridized carbons (Fsp3) is 0. The van der Waals surface area contributed by atoms with Crippen molar-refractivity contribution in [1.29, 1.82) is 0 Å². The van der Waals surface area contributed by atoms with Crippen molar-refractivity contribution in [2.45, 2.75) is 0 Å². The third-order valence-corrected chi connectivity index (χ3v) is 2.93. The molecule has 0 bridgehead atoms. The van der Waals surface area contributed by atoms with Crippen LogP contribution in [0.2, 0.25) is 0 Å². The van der Waals surface area contributed by atoms with Gasteiger partial charge in [-0.25, -0.2) is 5.48 Å². The highest BCUT2D eigenvalue weighted by molar-refractivity contribution is 7.09. The third-order valence-electron chi connectivity index (χ3n) is 2.81. The van der Waals surface area contributed by atoms with Gasteiger partial charge in [0, 0.05) is 20.6 Å². The molecule has 0 fully saturated rings. The second kappa shape index (κ2) is 7.48. The molecule has 0 aliphatic rings. The molecule has 0 saturated heterocycles. The number of carbonyl (C=O) groups excluding carboxylic acids is 2. The molecule has 0 aliphatic heterocycles. The van der Waals surface area contributed by atoms with E-state index >= 15 is 0 Å². The highest BCUT2D eigenvalue weighted by Crippen LogP contribution is 2.08. The summed E-state index contributed by atoms with van der Waals surface area (Å²) >= 11 is 0. The van der Waals surface area contributed by atoms with Crippen molar-refractivity contribution in [2.24, 2.45) is 0 Å². The largest absolute Gasteiger partial charge is 0.289 e. The first kappa shape index (κ1) is 15.1. The van der Waals surface area contributed by atoms with Crippen LogP contribution in [0.25, 0.3) is 6.08 Å². The number of hydrogen-bond donors (Lipinski definition) is 1. The van der Waals surface area contributed by atoms with E-state index in [9.17, 15) is 9.59 Å². The topological polar surface area (TPSA) is 55.4 Å². The monoisotopic (exact) mass is 299 g/mol. The number of hydroxylamine groups is 1. The molecule has 5 heteroatoms. The fourth-order valence-electron chi connectivity index (χ4n) is 1.73. The van der Waals surface area contributed by atoms with Crippen molar-refractivity contribution in [3.05, 3.63) is 77.4 Å². The van der Waals surface area contributed by atoms with E-state index in [1.54, 1.807) is 42.5 Å². The minimum absolute atomic E-state index is 0.0613. The van der Waals surface area contributed by atoms with Gasteiger partial charge in [-0.2, -0.15) is 0 Å². The molecule has 4 nitrogen and oxygen atoms in total. The van der Waals surface area contributed by atoms with Gasteiger partial charge in [-0.1, -0.05) is 48.5 Å². The highest BCUT2D eigenvalue weighted by Gasteiger charge is 2.04. The number of carbonyl (C=O) groups is 2. The Balaban J connectivity index is 2.05. The lowest BCUT2D eigenvalue weighted by molar-refractivity contribution is 0.0795. The van der Waals surface area contributed by atoms with Crippen LogP contribution in [-0.2, 0) is 4.62 Å². The summed E-state index contributed by atoms with van der Waals surface area (Å²) in [4.78, 5) is 23.4. The molecule has 0 radical (unpaired) electrons. The van der Waals surface area contributed by atoms with E-state index in [-0.39, 0.29) is 11.7 Å². The molecule has 2 aromatic rings. The number of benzene rings is 2. The quantitative estimate of drug-likeness (QED) is 0.399. The molecule has 0 saturated carbocycles. The molecule has 0 aromatic heterocycles. The Kier molecular flexibility index (Phi) is 5.38. The average molecular weight is 299 g/mol. The highest BCUT2D eigenvalue weighted by atomic mass is 31.0. The molecule has 1 N–H and O–H groups in total. The SMILES string of the molecule is O=C(C=Cc1ccc(C(=O)NOP)cc1)c1ccccc1. The number of rotatable bonds is 5. The Morgan fingerprint density at radius 2 is 1.62 bits per heavy atom. The average Bonchev–Trinajstić information content (AvgIpc) is 2.54. The van der Waals surface area contributed by atoms with Crippen LogP contribution in [-0.4, -0.2) is 11.7 Å². The smallest absolute Gasteiger partial charge is 0.275 e. The maximum Gasteiger partial charge on any atom is 0.275 e. The van der Waals surface area contributed by atoms with Crippen molar-refractivity contribution in [1.82, 2.24) is 5.48 Å². The van der Waals surface area contributed by atoms with Crippen LogP contribution >= 0.6 is 9.47 Å². The van der Waals surface area contributed by atoms with Crippen LogP contribution in [0.5, 0.6) is 0 Å². The lowest BCUT2D eigenvalue weighted by Gasteiger charge is -2.01. The summed E-state index contributed by atoms with van der Waals surface area (Å²) in [6.45, 7) is 0. The van der Waals surface area contributed by atoms with Gasteiger partial charge in [-0.15, -0.1) is 0 Å². The van der Waals surface area contributed by atoms with Crippen LogP contribution in [0, 0.1) is 0 Å². The van der Waals surface area contributed by atoms with Crippen LogP contribution in [0.3, 0.4) is 0 Å². The number of ketones is 1. The lowest BCUT2D eigenvalue weighted by atomic mass is 10.1. The van der Waals surface area contributed by atoms with E-state index in [1.165, 1.54) is 6.08 Å². The molecule has 0 aliphatic carbocycles. The van der Waals surface area contributed by atoms with Gasteiger partial charge >= 0.3 is 0 Å². The van der Waals surface area contributed by atoms with E-state index in [0.717, 1.165) is 5.56 Å². The van der Waals surface area contributed by atoms with Crippen molar-refractivity contribution in [3.8, 4) is 0 Å². The minimum Gasteiger partial charge on any atom is -0.289 e. The third kappa shape index (κ3) is 4.35. The van der Waals surface area contributed by atoms with Crippen LogP contribution in [0.4, 0.5) is 0 Å². The number of amides is 1. The summed E-state index contributed by atoms with van der Waals surface area (Å²) in [7, 11) is 1.94. The molecular formula is C16H14NO3P. The van der Waals surface area contributed by atoms with Gasteiger partial charge in [0.15, 0.2) is 5.78 Å². The zero-order valence-electron chi connectivity index (χ0n) is 11.2. The molecule has 2 rings (SSSR count). The van der Waals surface area contributed by atoms with E-state index in [2.05, 4.69) is 10.1 Å². The summed E-state index contributed by atoms with van der Waals surface area (Å²) in [5.74, 6) is -0.394. The Morgan fingerprint density at radius 1 is 0.952 bits per heavy atom. The molecule has 1 unspecified atom stereocenters. The van der Waals surface area contributed by atoms with Gasteiger partial charge in [0.1, 0.15) is 0 Å². The molecular weight excluding hydrogens is 285 g/mol. The molecule has 0 spiro atoms. The van der Waals surface area contributed by atoms with Gasteiger partial charge in [0.05, 0.1) is 0 Å². The number of allylic oxidation sites excluding steroid dienone is 1. The summed E-state index contributed by atoms with van der Waals surface area (Å²) < 4.78 is 4.47. The Labute approximate surface area is 125 Å². The van der Waals surface area contributed by atoms with E-state index in [4.69, 9.17) is 0 Å². The van der Waals surface area contributed by atoms with Crippen LogP contribution < -0.4 is 5.48 Å². The molecule has 1 amide bonds. The van der Waals surface area contributed by atoms with Gasteiger partial charge in [-0.05, 0) is 23.8 Å². The van der Waals surface area contributed by atoms with Gasteiger partial charge in [-0.3, -0.25) is 14.2 Å². The van der Waals surface area contributed by atoms with Crippen LogP contribution in [0.15, 0.2) is 60.7 Å². The first-order valence-corrected chi connectivity index (χ1v) is 6.71. The van der Waals surface area contributed by atoms with Gasteiger partial charge < -0.3 is 0 Å². The standard InChI is InChI=1S/C16H14NO3P/c18-15(13-4-2-1-3-5-13)11-8-12-6-9-14(10-7-12)16(19)17-20-21/h1-11H,21H2,(H,17,19). The zero-order chi connectivity index (χ0) is 15.1. The summed E-state index contributed by atoms with van der Waals surface area (Å²) in [5.41, 5.74) is 4.16. The number of nitrogens with one attached hydrogen (secondary N) is 1. The summed E-state index contributed by atoms with van der Waals surface area (Å²) in [6, 6.07) is 15.9. The lowest BCUT2D eigenvalue weighted by Crippen LogP contribution is -2.19. The molecule has 2 aromatic carbocycles. The van der Waals surface area contributed by atoms with Crippen molar-refractivity contribution in [2.75, 3.05) is 0 Å². The van der Waals surface area contributed by atoms with Gasteiger partial charge in [0.2, 0.25) is 0 Å². The second-order valence-electron chi connectivity index (χ2n) is 4.23. The first-order valence-electron chi connectivity index (χ1n) is 6.24. The maximum atomic E-state index is 11.9. The van der Waals surface area contributed by atoms with Crippen molar-refractivity contribution in [3.63, 3.8) is 0 Å². The Morgan fingerprint density at radius 3 is 2.24 bits per heavy atom. The molecule has 0 heterocycles. The van der Waals surface area contributed by atoms with E-state index < -0.39 is 0 Å². The Hall–Kier alpha value is -2.29. The van der Waals surface area contributed by atoms with Crippen molar-refractivity contribution < 1.29 is 14.2 Å². The van der Waals surface area contributed by atoms with Crippen molar-refractivity contribution >= 4 is 27.2 Å². The number of hydrogen-bond acceptors (Lipinski definition) is 3. The van der Waals surface area contributed by atoms with Gasteiger partial charge in [0.25, 0.3) is 5.91 Å². The molecule has 1 atom stereocenters. The Bertz CT molecular complexity index is 651. The predicted octanol–water partition coefficient (Wildman–Crippen LogP) is 3.03. The normalized spacial score (nSPS) is 10.5. The van der Waals surface area contributed by atoms with E-state index in [1.807, 2.05) is 27.7 Å². The maximum absolute atomic E-state index is 11.9. The summed E-state index contributed by atoms with van der Waals surface area (Å²) in [5, 5.41) is 0.